The van der Waals surface area contributed by atoms with E-state index >= 15 is 0 Å². The van der Waals surface area contributed by atoms with Gasteiger partial charge in [0.05, 0.1) is 17.6 Å². The number of nitrogens with zero attached hydrogens (tertiary/aromatic N) is 5. The molecule has 206 valence electrons. The molecule has 0 saturated heterocycles. The molecule has 9 nitrogen and oxygen atoms in total. The van der Waals surface area contributed by atoms with Crippen molar-refractivity contribution in [1.82, 2.24) is 24.9 Å². The number of nitrogen functional groups attached to an aromatic ring is 1. The number of pyridine rings is 1. The summed E-state index contributed by atoms with van der Waals surface area (Å²) in [7, 11) is 1.86. The van der Waals surface area contributed by atoms with E-state index in [2.05, 4.69) is 50.7 Å². The maximum atomic E-state index is 12.1. The molecule has 5 aromatic rings. The van der Waals surface area contributed by atoms with Gasteiger partial charge in [-0.15, -0.1) is 16.4 Å². The van der Waals surface area contributed by atoms with E-state index in [4.69, 9.17) is 10.5 Å². The molecule has 3 aromatic heterocycles. The molecule has 0 aliphatic carbocycles. The van der Waals surface area contributed by atoms with Crippen LogP contribution in [0.1, 0.15) is 53.6 Å². The van der Waals surface area contributed by atoms with Crippen molar-refractivity contribution < 1.29 is 14.6 Å². The number of benzene rings is 2. The summed E-state index contributed by atoms with van der Waals surface area (Å²) < 4.78 is 9.23. The van der Waals surface area contributed by atoms with Gasteiger partial charge in [0.15, 0.2) is 0 Å². The highest BCUT2D eigenvalue weighted by Gasteiger charge is 2.26. The third-order valence-corrected chi connectivity index (χ3v) is 8.82. The predicted octanol–water partition coefficient (Wildman–Crippen LogP) is 5.25. The van der Waals surface area contributed by atoms with Crippen LogP contribution in [0.2, 0.25) is 0 Å². The number of carbonyl (C=O) groups is 1. The summed E-state index contributed by atoms with van der Waals surface area (Å²) in [5.41, 5.74) is 12.6. The van der Waals surface area contributed by atoms with Crippen LogP contribution in [0.25, 0.3) is 21.1 Å². The van der Waals surface area contributed by atoms with Gasteiger partial charge in [0.2, 0.25) is 0 Å². The van der Waals surface area contributed by atoms with E-state index in [-0.39, 0.29) is 18.4 Å². The van der Waals surface area contributed by atoms with Crippen molar-refractivity contribution in [2.45, 2.75) is 51.8 Å². The number of ether oxygens (including phenoxy) is 1. The molecule has 0 amide bonds. The zero-order valence-corrected chi connectivity index (χ0v) is 23.6. The van der Waals surface area contributed by atoms with Crippen molar-refractivity contribution >= 4 is 44.2 Å². The van der Waals surface area contributed by atoms with Gasteiger partial charge in [-0.1, -0.05) is 24.3 Å². The fourth-order valence-electron chi connectivity index (χ4n) is 5.79. The SMILES string of the molecule is CC[C@@H]1CN(Cc2cc([C@H](CC(=O)O)c3ccc4c(nnn4C)c3C)cc3ccsc23)Cc2nc(N)ccc2O1. The molecule has 1 aliphatic heterocycles. The Morgan fingerprint density at radius 2 is 2.10 bits per heavy atom. The van der Waals surface area contributed by atoms with Gasteiger partial charge in [-0.2, -0.15) is 0 Å². The van der Waals surface area contributed by atoms with Crippen LogP contribution >= 0.6 is 11.3 Å². The number of nitrogens with two attached hydrogens (primary N) is 1. The Balaban J connectivity index is 1.42. The average molecular weight is 557 g/mol. The lowest BCUT2D eigenvalue weighted by atomic mass is 9.84. The Morgan fingerprint density at radius 3 is 2.90 bits per heavy atom. The van der Waals surface area contributed by atoms with Crippen molar-refractivity contribution in [1.29, 1.82) is 0 Å². The van der Waals surface area contributed by atoms with Crippen LogP contribution in [0.4, 0.5) is 5.82 Å². The van der Waals surface area contributed by atoms with Gasteiger partial charge >= 0.3 is 5.97 Å². The first kappa shape index (κ1) is 26.2. The molecule has 40 heavy (non-hydrogen) atoms. The highest BCUT2D eigenvalue weighted by molar-refractivity contribution is 7.17. The van der Waals surface area contributed by atoms with Gasteiger partial charge < -0.3 is 15.6 Å². The fourth-order valence-corrected chi connectivity index (χ4v) is 6.68. The molecule has 2 atom stereocenters. The Bertz CT molecular complexity index is 1730. The Hall–Kier alpha value is -4.02. The highest BCUT2D eigenvalue weighted by Crippen LogP contribution is 2.38. The minimum Gasteiger partial charge on any atom is -0.487 e. The number of rotatable bonds is 7. The number of hydrogen-bond donors (Lipinski definition) is 2. The summed E-state index contributed by atoms with van der Waals surface area (Å²) in [4.78, 5) is 19.1. The van der Waals surface area contributed by atoms with Crippen molar-refractivity contribution in [3.05, 3.63) is 75.8 Å². The first-order chi connectivity index (χ1) is 19.3. The average Bonchev–Trinajstić information content (AvgIpc) is 3.51. The molecule has 2 aromatic carbocycles. The van der Waals surface area contributed by atoms with Crippen LogP contribution in [-0.2, 0) is 24.9 Å². The lowest BCUT2D eigenvalue weighted by molar-refractivity contribution is -0.137. The predicted molar refractivity (Wildman–Crippen MR) is 157 cm³/mol. The van der Waals surface area contributed by atoms with E-state index in [1.54, 1.807) is 22.1 Å². The number of aryl methyl sites for hydroxylation is 2. The van der Waals surface area contributed by atoms with Crippen LogP contribution in [0.15, 0.2) is 47.8 Å². The number of aromatic nitrogens is 4. The molecule has 4 heterocycles. The van der Waals surface area contributed by atoms with Crippen molar-refractivity contribution in [2.75, 3.05) is 12.3 Å². The summed E-state index contributed by atoms with van der Waals surface area (Å²) in [5, 5.41) is 21.7. The van der Waals surface area contributed by atoms with E-state index in [1.807, 2.05) is 32.2 Å². The summed E-state index contributed by atoms with van der Waals surface area (Å²) >= 11 is 1.71. The van der Waals surface area contributed by atoms with E-state index in [0.717, 1.165) is 57.5 Å². The fraction of sp³-hybridized carbons (Fsp3) is 0.333. The van der Waals surface area contributed by atoms with E-state index in [1.165, 1.54) is 10.3 Å². The summed E-state index contributed by atoms with van der Waals surface area (Å²) in [6.45, 7) is 6.19. The molecular formula is C30H32N6O3S. The quantitative estimate of drug-likeness (QED) is 0.279. The Kier molecular flexibility index (Phi) is 6.89. The lowest BCUT2D eigenvalue weighted by Gasteiger charge is -2.25. The first-order valence-corrected chi connectivity index (χ1v) is 14.3. The smallest absolute Gasteiger partial charge is 0.304 e. The molecule has 0 unspecified atom stereocenters. The number of aliphatic carboxylic acids is 1. The van der Waals surface area contributed by atoms with Gasteiger partial charge in [0.25, 0.3) is 0 Å². The second-order valence-electron chi connectivity index (χ2n) is 10.5. The lowest BCUT2D eigenvalue weighted by Crippen LogP contribution is -2.32. The minimum absolute atomic E-state index is 0.0201. The standard InChI is InChI=1S/C30H32N6O3S/c1-4-21-15-36(16-24-26(39-21)7-8-27(31)32-24)14-20-12-19(11-18-9-10-40-30(18)20)23(13-28(37)38)22-5-6-25-29(17(22)2)33-34-35(25)3/h5-12,21,23H,4,13-16H2,1-3H3,(H2,31,32)(H,37,38)/t21-,23+/m1/s1. The molecule has 0 spiro atoms. The maximum Gasteiger partial charge on any atom is 0.304 e. The zero-order valence-electron chi connectivity index (χ0n) is 22.8. The molecule has 10 heteroatoms. The number of thiophene rings is 1. The normalized spacial score (nSPS) is 16.5. The van der Waals surface area contributed by atoms with Gasteiger partial charge in [0.1, 0.15) is 23.2 Å². The topological polar surface area (TPSA) is 119 Å². The maximum absolute atomic E-state index is 12.1. The van der Waals surface area contributed by atoms with Crippen LogP contribution in [0.3, 0.4) is 0 Å². The van der Waals surface area contributed by atoms with Gasteiger partial charge in [0, 0.05) is 37.3 Å². The third kappa shape index (κ3) is 4.89. The number of anilines is 1. The summed E-state index contributed by atoms with van der Waals surface area (Å²) in [6.07, 6.45) is 0.891. The van der Waals surface area contributed by atoms with Crippen LogP contribution < -0.4 is 10.5 Å². The second kappa shape index (κ2) is 10.5. The van der Waals surface area contributed by atoms with E-state index in [9.17, 15) is 9.90 Å². The molecule has 0 saturated carbocycles. The monoisotopic (exact) mass is 556 g/mol. The second-order valence-corrected chi connectivity index (χ2v) is 11.4. The van der Waals surface area contributed by atoms with E-state index in [0.29, 0.717) is 18.9 Å². The number of carboxylic acids is 1. The largest absolute Gasteiger partial charge is 0.487 e. The molecular weight excluding hydrogens is 524 g/mol. The van der Waals surface area contributed by atoms with Crippen LogP contribution in [0.5, 0.6) is 5.75 Å². The van der Waals surface area contributed by atoms with Crippen LogP contribution in [0, 0.1) is 6.92 Å². The summed E-state index contributed by atoms with van der Waals surface area (Å²) in [5.74, 6) is 0.0955. The highest BCUT2D eigenvalue weighted by atomic mass is 32.1. The zero-order chi connectivity index (χ0) is 28.0. The Morgan fingerprint density at radius 1 is 1.25 bits per heavy atom. The van der Waals surface area contributed by atoms with E-state index < -0.39 is 5.97 Å². The van der Waals surface area contributed by atoms with Crippen molar-refractivity contribution in [2.24, 2.45) is 7.05 Å². The van der Waals surface area contributed by atoms with Crippen molar-refractivity contribution in [3.8, 4) is 5.75 Å². The third-order valence-electron chi connectivity index (χ3n) is 7.82. The minimum atomic E-state index is -0.841. The number of carboxylic acid groups (broad SMARTS) is 1. The molecule has 0 radical (unpaired) electrons. The van der Waals surface area contributed by atoms with Gasteiger partial charge in [-0.05, 0) is 76.7 Å². The molecule has 6 rings (SSSR count). The Labute approximate surface area is 236 Å². The molecule has 1 aliphatic rings. The van der Waals surface area contributed by atoms with Crippen molar-refractivity contribution in [3.63, 3.8) is 0 Å². The molecule has 0 fully saturated rings. The van der Waals surface area contributed by atoms with Gasteiger partial charge in [-0.25, -0.2) is 9.67 Å². The van der Waals surface area contributed by atoms with Crippen LogP contribution in [-0.4, -0.2) is 48.6 Å². The molecule has 3 N–H and O–H groups in total. The van der Waals surface area contributed by atoms with Gasteiger partial charge in [-0.3, -0.25) is 9.69 Å². The number of hydrogen-bond acceptors (Lipinski definition) is 8. The number of fused-ring (bicyclic) bond motifs is 3. The first-order valence-electron chi connectivity index (χ1n) is 13.5. The molecule has 0 bridgehead atoms. The summed E-state index contributed by atoms with van der Waals surface area (Å²) in [6, 6.07) is 14.1.